The molecule has 1 rings (SSSR count). The first-order chi connectivity index (χ1) is 3.79. The summed E-state index contributed by atoms with van der Waals surface area (Å²) in [4.78, 5) is 0. The van der Waals surface area contributed by atoms with Gasteiger partial charge in [-0.25, -0.2) is 0 Å². The van der Waals surface area contributed by atoms with E-state index in [1.165, 1.54) is 18.4 Å². The highest BCUT2D eigenvalue weighted by molar-refractivity contribution is 6.20. The first-order valence-electron chi connectivity index (χ1n) is 3.09. The molecule has 0 spiro atoms. The van der Waals surface area contributed by atoms with Crippen LogP contribution in [0.15, 0.2) is 11.6 Å². The van der Waals surface area contributed by atoms with Gasteiger partial charge in [0.05, 0.1) is 0 Å². The normalized spacial score (nSPS) is 29.8. The molecule has 0 aromatic rings. The summed E-state index contributed by atoms with van der Waals surface area (Å²) in [7, 11) is 0. The molecule has 8 heavy (non-hydrogen) atoms. The first kappa shape index (κ1) is 6.15. The van der Waals surface area contributed by atoms with Gasteiger partial charge in [0, 0.05) is 5.38 Å². The molecule has 0 N–H and O–H groups in total. The molecule has 0 aliphatic heterocycles. The summed E-state index contributed by atoms with van der Waals surface area (Å²) in [6, 6.07) is 0. The number of allylic oxidation sites excluding steroid dienone is 2. The number of rotatable bonds is 0. The second-order valence-electron chi connectivity index (χ2n) is 2.43. The standard InChI is InChI=1S/C7H11Cl/c1-6-3-2-4-7(8)5-6/h3,7H,2,4-5H2,1H3. The van der Waals surface area contributed by atoms with Crippen molar-refractivity contribution in [2.75, 3.05) is 0 Å². The molecule has 0 saturated heterocycles. The van der Waals surface area contributed by atoms with Crippen LogP contribution >= 0.6 is 11.6 Å². The summed E-state index contributed by atoms with van der Waals surface area (Å²) >= 11 is 5.87. The van der Waals surface area contributed by atoms with Gasteiger partial charge in [0.1, 0.15) is 0 Å². The maximum Gasteiger partial charge on any atom is 0.0376 e. The van der Waals surface area contributed by atoms with Crippen LogP contribution in [0.3, 0.4) is 0 Å². The van der Waals surface area contributed by atoms with E-state index >= 15 is 0 Å². The van der Waals surface area contributed by atoms with Crippen LogP contribution in [0.4, 0.5) is 0 Å². The first-order valence-corrected chi connectivity index (χ1v) is 3.52. The molecule has 46 valence electrons. The van der Waals surface area contributed by atoms with Crippen LogP contribution in [-0.2, 0) is 0 Å². The minimum Gasteiger partial charge on any atom is -0.123 e. The summed E-state index contributed by atoms with van der Waals surface area (Å²) in [6.45, 7) is 2.15. The van der Waals surface area contributed by atoms with E-state index in [-0.39, 0.29) is 0 Å². The van der Waals surface area contributed by atoms with Gasteiger partial charge < -0.3 is 0 Å². The van der Waals surface area contributed by atoms with Gasteiger partial charge in [-0.1, -0.05) is 11.6 Å². The van der Waals surface area contributed by atoms with Gasteiger partial charge in [-0.3, -0.25) is 0 Å². The van der Waals surface area contributed by atoms with Crippen molar-refractivity contribution < 1.29 is 0 Å². The lowest BCUT2D eigenvalue weighted by atomic mass is 10.0. The van der Waals surface area contributed by atoms with E-state index in [0.717, 1.165) is 6.42 Å². The zero-order chi connectivity index (χ0) is 5.98. The van der Waals surface area contributed by atoms with Crippen LogP contribution < -0.4 is 0 Å². The zero-order valence-electron chi connectivity index (χ0n) is 5.15. The topological polar surface area (TPSA) is 0 Å². The lowest BCUT2D eigenvalue weighted by Gasteiger charge is -2.13. The van der Waals surface area contributed by atoms with Crippen LogP contribution in [0.1, 0.15) is 26.2 Å². The predicted octanol–water partition coefficient (Wildman–Crippen LogP) is 2.72. The van der Waals surface area contributed by atoms with Crippen LogP contribution in [-0.4, -0.2) is 5.38 Å². The average Bonchev–Trinajstić information content (AvgIpc) is 1.64. The lowest BCUT2D eigenvalue weighted by Crippen LogP contribution is -2.02. The van der Waals surface area contributed by atoms with Crippen LogP contribution in [0, 0.1) is 0 Å². The van der Waals surface area contributed by atoms with E-state index in [0.29, 0.717) is 5.38 Å². The highest BCUT2D eigenvalue weighted by Gasteiger charge is 2.08. The Morgan fingerprint density at radius 1 is 1.75 bits per heavy atom. The Bertz CT molecular complexity index is 105. The van der Waals surface area contributed by atoms with Crippen molar-refractivity contribution in [2.45, 2.75) is 31.6 Å². The molecule has 1 atom stereocenters. The van der Waals surface area contributed by atoms with Crippen molar-refractivity contribution in [2.24, 2.45) is 0 Å². The Labute approximate surface area is 55.5 Å². The molecular weight excluding hydrogens is 120 g/mol. The van der Waals surface area contributed by atoms with Crippen molar-refractivity contribution in [1.29, 1.82) is 0 Å². The molecule has 0 aromatic carbocycles. The summed E-state index contributed by atoms with van der Waals surface area (Å²) in [5, 5.41) is 0.417. The fraction of sp³-hybridized carbons (Fsp3) is 0.714. The molecule has 0 bridgehead atoms. The van der Waals surface area contributed by atoms with E-state index < -0.39 is 0 Å². The van der Waals surface area contributed by atoms with Crippen molar-refractivity contribution in [3.8, 4) is 0 Å². The monoisotopic (exact) mass is 130 g/mol. The Kier molecular flexibility index (Phi) is 1.95. The molecule has 0 radical (unpaired) electrons. The van der Waals surface area contributed by atoms with Gasteiger partial charge in [0.2, 0.25) is 0 Å². The Hall–Kier alpha value is 0.0300. The third kappa shape index (κ3) is 1.52. The predicted molar refractivity (Wildman–Crippen MR) is 37.2 cm³/mol. The average molecular weight is 131 g/mol. The van der Waals surface area contributed by atoms with Crippen LogP contribution in [0.25, 0.3) is 0 Å². The van der Waals surface area contributed by atoms with E-state index in [2.05, 4.69) is 13.0 Å². The molecule has 0 aromatic heterocycles. The number of hydrogen-bond donors (Lipinski definition) is 0. The van der Waals surface area contributed by atoms with Gasteiger partial charge in [-0.15, -0.1) is 11.6 Å². The van der Waals surface area contributed by atoms with Gasteiger partial charge >= 0.3 is 0 Å². The van der Waals surface area contributed by atoms with Gasteiger partial charge in [0.15, 0.2) is 0 Å². The summed E-state index contributed by atoms with van der Waals surface area (Å²) in [5.74, 6) is 0. The Morgan fingerprint density at radius 2 is 2.50 bits per heavy atom. The maximum absolute atomic E-state index is 5.87. The largest absolute Gasteiger partial charge is 0.123 e. The molecule has 1 aliphatic carbocycles. The summed E-state index contributed by atoms with van der Waals surface area (Å²) in [6.07, 6.45) is 5.72. The second kappa shape index (κ2) is 2.54. The van der Waals surface area contributed by atoms with Crippen LogP contribution in [0.5, 0.6) is 0 Å². The molecule has 0 nitrogen and oxygen atoms in total. The van der Waals surface area contributed by atoms with Crippen molar-refractivity contribution in [1.82, 2.24) is 0 Å². The van der Waals surface area contributed by atoms with Crippen molar-refractivity contribution in [3.63, 3.8) is 0 Å². The van der Waals surface area contributed by atoms with E-state index in [9.17, 15) is 0 Å². The molecule has 1 unspecified atom stereocenters. The fourth-order valence-corrected chi connectivity index (χ4v) is 1.41. The van der Waals surface area contributed by atoms with E-state index in [1.54, 1.807) is 0 Å². The molecule has 1 aliphatic rings. The molecule has 0 amide bonds. The Morgan fingerprint density at radius 3 is 2.88 bits per heavy atom. The number of halogens is 1. The highest BCUT2D eigenvalue weighted by Crippen LogP contribution is 2.21. The smallest absolute Gasteiger partial charge is 0.0376 e. The summed E-state index contributed by atoms with van der Waals surface area (Å²) < 4.78 is 0. The molecular formula is C7H11Cl. The van der Waals surface area contributed by atoms with Gasteiger partial charge in [0.25, 0.3) is 0 Å². The van der Waals surface area contributed by atoms with Gasteiger partial charge in [-0.05, 0) is 26.2 Å². The molecule has 0 heterocycles. The molecule has 0 saturated carbocycles. The quantitative estimate of drug-likeness (QED) is 0.350. The third-order valence-electron chi connectivity index (χ3n) is 1.52. The number of hydrogen-bond acceptors (Lipinski definition) is 0. The third-order valence-corrected chi connectivity index (χ3v) is 1.89. The van der Waals surface area contributed by atoms with E-state index in [4.69, 9.17) is 11.6 Å². The van der Waals surface area contributed by atoms with Crippen LogP contribution in [0.2, 0.25) is 0 Å². The Balaban J connectivity index is 2.45. The molecule has 0 fully saturated rings. The van der Waals surface area contributed by atoms with Gasteiger partial charge in [-0.2, -0.15) is 0 Å². The fourth-order valence-electron chi connectivity index (χ4n) is 1.05. The van der Waals surface area contributed by atoms with Crippen molar-refractivity contribution in [3.05, 3.63) is 11.6 Å². The lowest BCUT2D eigenvalue weighted by molar-refractivity contribution is 0.711. The minimum atomic E-state index is 0.417. The zero-order valence-corrected chi connectivity index (χ0v) is 5.91. The second-order valence-corrected chi connectivity index (χ2v) is 3.05. The summed E-state index contributed by atoms with van der Waals surface area (Å²) in [5.41, 5.74) is 1.45. The minimum absolute atomic E-state index is 0.417. The number of alkyl halides is 1. The van der Waals surface area contributed by atoms with Crippen molar-refractivity contribution >= 4 is 11.6 Å². The highest BCUT2D eigenvalue weighted by atomic mass is 35.5. The SMILES string of the molecule is CC1=CCCC(Cl)C1. The maximum atomic E-state index is 5.87. The van der Waals surface area contributed by atoms with E-state index in [1.807, 2.05) is 0 Å². The molecule has 1 heteroatoms.